The monoisotopic (exact) mass is 273 g/mol. The molecule has 0 radical (unpaired) electrons. The van der Waals surface area contributed by atoms with E-state index >= 15 is 0 Å². The Morgan fingerprint density at radius 3 is 3.00 bits per heavy atom. The molecule has 1 amide bonds. The smallest absolute Gasteiger partial charge is 0.265 e. The van der Waals surface area contributed by atoms with Gasteiger partial charge in [-0.25, -0.2) is 9.67 Å². The minimum Gasteiger partial charge on any atom is -0.479 e. The Hall–Kier alpha value is -2.41. The number of amides is 1. The molecular formula is C13H15N5O2. The Morgan fingerprint density at radius 2 is 2.30 bits per heavy atom. The highest BCUT2D eigenvalue weighted by molar-refractivity contribution is 5.98. The summed E-state index contributed by atoms with van der Waals surface area (Å²) in [7, 11) is 1.80. The number of hydrogen-bond acceptors (Lipinski definition) is 5. The maximum absolute atomic E-state index is 11.6. The number of carbonyl (C=O) groups excluding carboxylic acids is 1. The zero-order chi connectivity index (χ0) is 14.3. The maximum atomic E-state index is 11.6. The molecule has 0 saturated carbocycles. The van der Waals surface area contributed by atoms with Crippen LogP contribution in [0.2, 0.25) is 0 Å². The van der Waals surface area contributed by atoms with Crippen molar-refractivity contribution in [2.45, 2.75) is 19.6 Å². The number of anilines is 1. The van der Waals surface area contributed by atoms with Crippen molar-refractivity contribution in [1.29, 1.82) is 0 Å². The van der Waals surface area contributed by atoms with E-state index in [-0.39, 0.29) is 12.5 Å². The second kappa shape index (κ2) is 4.61. The maximum Gasteiger partial charge on any atom is 0.265 e. The SMILES string of the molecule is CC1Oc2ccc(-c3nc(CN)nn3C)cc2NC1=O. The minimum absolute atomic E-state index is 0.157. The van der Waals surface area contributed by atoms with Crippen LogP contribution in [-0.2, 0) is 18.4 Å². The summed E-state index contributed by atoms with van der Waals surface area (Å²) >= 11 is 0. The molecule has 20 heavy (non-hydrogen) atoms. The van der Waals surface area contributed by atoms with E-state index in [1.54, 1.807) is 18.7 Å². The van der Waals surface area contributed by atoms with Crippen LogP contribution >= 0.6 is 0 Å². The van der Waals surface area contributed by atoms with Crippen LogP contribution in [-0.4, -0.2) is 26.8 Å². The fourth-order valence-corrected chi connectivity index (χ4v) is 2.12. The third-order valence-corrected chi connectivity index (χ3v) is 3.16. The van der Waals surface area contributed by atoms with Gasteiger partial charge in [-0.15, -0.1) is 0 Å². The second-order valence-corrected chi connectivity index (χ2v) is 4.64. The van der Waals surface area contributed by atoms with Gasteiger partial charge in [0, 0.05) is 12.6 Å². The van der Waals surface area contributed by atoms with E-state index in [0.29, 0.717) is 23.1 Å². The highest BCUT2D eigenvalue weighted by Crippen LogP contribution is 2.33. The van der Waals surface area contributed by atoms with Crippen LogP contribution in [0.3, 0.4) is 0 Å². The van der Waals surface area contributed by atoms with E-state index < -0.39 is 6.10 Å². The Kier molecular flexibility index (Phi) is 2.90. The van der Waals surface area contributed by atoms with Gasteiger partial charge >= 0.3 is 0 Å². The molecule has 1 aromatic carbocycles. The number of benzene rings is 1. The fraction of sp³-hybridized carbons (Fsp3) is 0.308. The van der Waals surface area contributed by atoms with Crippen molar-refractivity contribution in [3.05, 3.63) is 24.0 Å². The number of nitrogens with two attached hydrogens (primary N) is 1. The Labute approximate surface area is 115 Å². The number of carbonyl (C=O) groups is 1. The van der Waals surface area contributed by atoms with Crippen LogP contribution in [0.25, 0.3) is 11.4 Å². The summed E-state index contributed by atoms with van der Waals surface area (Å²) in [6.07, 6.45) is -0.480. The average Bonchev–Trinajstić information content (AvgIpc) is 2.81. The molecule has 2 heterocycles. The first-order chi connectivity index (χ1) is 9.58. The standard InChI is InChI=1S/C13H15N5O2/c1-7-13(19)15-9-5-8(3-4-10(9)20-7)12-16-11(6-14)17-18(12)2/h3-5,7H,6,14H2,1-2H3,(H,15,19). The number of nitrogens with one attached hydrogen (secondary N) is 1. The highest BCUT2D eigenvalue weighted by Gasteiger charge is 2.24. The van der Waals surface area contributed by atoms with Crippen molar-refractivity contribution in [1.82, 2.24) is 14.8 Å². The van der Waals surface area contributed by atoms with Gasteiger partial charge in [0.2, 0.25) is 0 Å². The summed E-state index contributed by atoms with van der Waals surface area (Å²) < 4.78 is 7.18. The molecule has 0 aliphatic carbocycles. The molecule has 0 bridgehead atoms. The molecule has 1 aliphatic heterocycles. The van der Waals surface area contributed by atoms with Crippen LogP contribution in [0.5, 0.6) is 5.75 Å². The molecule has 7 nitrogen and oxygen atoms in total. The van der Waals surface area contributed by atoms with Crippen molar-refractivity contribution in [2.75, 3.05) is 5.32 Å². The molecule has 2 aromatic rings. The van der Waals surface area contributed by atoms with E-state index in [0.717, 1.165) is 5.56 Å². The summed E-state index contributed by atoms with van der Waals surface area (Å²) in [5, 5.41) is 7.02. The number of ether oxygens (including phenoxy) is 1. The molecule has 0 fully saturated rings. The Bertz CT molecular complexity index is 679. The van der Waals surface area contributed by atoms with E-state index in [2.05, 4.69) is 15.4 Å². The van der Waals surface area contributed by atoms with Gasteiger partial charge in [-0.3, -0.25) is 4.79 Å². The third kappa shape index (κ3) is 2.01. The zero-order valence-corrected chi connectivity index (χ0v) is 11.3. The molecule has 104 valence electrons. The summed E-state index contributed by atoms with van der Waals surface area (Å²) in [6.45, 7) is 2.00. The molecule has 7 heteroatoms. The largest absolute Gasteiger partial charge is 0.479 e. The van der Waals surface area contributed by atoms with Gasteiger partial charge in [0.05, 0.1) is 12.2 Å². The lowest BCUT2D eigenvalue weighted by Gasteiger charge is -2.23. The van der Waals surface area contributed by atoms with E-state index in [1.165, 1.54) is 0 Å². The number of aryl methyl sites for hydroxylation is 1. The minimum atomic E-state index is -0.480. The normalized spacial score (nSPS) is 17.4. The van der Waals surface area contributed by atoms with Crippen LogP contribution in [0, 0.1) is 0 Å². The molecule has 1 aromatic heterocycles. The van der Waals surface area contributed by atoms with Crippen LogP contribution in [0.15, 0.2) is 18.2 Å². The first kappa shape index (κ1) is 12.6. The first-order valence-corrected chi connectivity index (χ1v) is 6.30. The molecule has 3 N–H and O–H groups in total. The summed E-state index contributed by atoms with van der Waals surface area (Å²) in [6, 6.07) is 5.52. The number of nitrogens with zero attached hydrogens (tertiary/aromatic N) is 3. The van der Waals surface area contributed by atoms with Gasteiger partial charge in [-0.1, -0.05) is 0 Å². The van der Waals surface area contributed by atoms with Gasteiger partial charge in [0.1, 0.15) is 5.75 Å². The summed E-state index contributed by atoms with van der Waals surface area (Å²) in [5.74, 6) is 1.77. The number of hydrogen-bond donors (Lipinski definition) is 2. The zero-order valence-electron chi connectivity index (χ0n) is 11.3. The quantitative estimate of drug-likeness (QED) is 0.838. The van der Waals surface area contributed by atoms with Crippen molar-refractivity contribution in [3.8, 4) is 17.1 Å². The van der Waals surface area contributed by atoms with Gasteiger partial charge < -0.3 is 15.8 Å². The predicted molar refractivity (Wildman–Crippen MR) is 73.1 cm³/mol. The number of fused-ring (bicyclic) bond motifs is 1. The summed E-state index contributed by atoms with van der Waals surface area (Å²) in [5.41, 5.74) is 7.03. The predicted octanol–water partition coefficient (Wildman–Crippen LogP) is 0.660. The molecule has 0 spiro atoms. The highest BCUT2D eigenvalue weighted by atomic mass is 16.5. The molecular weight excluding hydrogens is 258 g/mol. The Balaban J connectivity index is 2.02. The third-order valence-electron chi connectivity index (χ3n) is 3.16. The van der Waals surface area contributed by atoms with E-state index in [4.69, 9.17) is 10.5 Å². The Morgan fingerprint density at radius 1 is 1.50 bits per heavy atom. The van der Waals surface area contributed by atoms with Crippen molar-refractivity contribution < 1.29 is 9.53 Å². The van der Waals surface area contributed by atoms with Crippen LogP contribution < -0.4 is 15.8 Å². The lowest BCUT2D eigenvalue weighted by atomic mass is 10.1. The average molecular weight is 273 g/mol. The van der Waals surface area contributed by atoms with Gasteiger partial charge in [-0.2, -0.15) is 5.10 Å². The fourth-order valence-electron chi connectivity index (χ4n) is 2.12. The van der Waals surface area contributed by atoms with Gasteiger partial charge in [0.25, 0.3) is 5.91 Å². The molecule has 0 saturated heterocycles. The van der Waals surface area contributed by atoms with E-state index in [9.17, 15) is 4.79 Å². The molecule has 1 aliphatic rings. The molecule has 1 atom stereocenters. The van der Waals surface area contributed by atoms with Gasteiger partial charge in [-0.05, 0) is 25.1 Å². The van der Waals surface area contributed by atoms with Gasteiger partial charge in [0.15, 0.2) is 17.8 Å². The molecule has 3 rings (SSSR count). The lowest BCUT2D eigenvalue weighted by molar-refractivity contribution is -0.122. The summed E-state index contributed by atoms with van der Waals surface area (Å²) in [4.78, 5) is 16.0. The molecule has 1 unspecified atom stereocenters. The van der Waals surface area contributed by atoms with Crippen LogP contribution in [0.1, 0.15) is 12.7 Å². The first-order valence-electron chi connectivity index (χ1n) is 6.30. The van der Waals surface area contributed by atoms with Crippen molar-refractivity contribution in [3.63, 3.8) is 0 Å². The number of rotatable bonds is 2. The number of aromatic nitrogens is 3. The van der Waals surface area contributed by atoms with Crippen molar-refractivity contribution >= 4 is 11.6 Å². The van der Waals surface area contributed by atoms with E-state index in [1.807, 2.05) is 18.2 Å². The van der Waals surface area contributed by atoms with Crippen molar-refractivity contribution in [2.24, 2.45) is 12.8 Å². The second-order valence-electron chi connectivity index (χ2n) is 4.64. The van der Waals surface area contributed by atoms with Crippen LogP contribution in [0.4, 0.5) is 5.69 Å². The lowest BCUT2D eigenvalue weighted by Crippen LogP contribution is -2.34. The topological polar surface area (TPSA) is 95.1 Å².